The van der Waals surface area contributed by atoms with Crippen molar-refractivity contribution in [3.05, 3.63) is 48.4 Å². The van der Waals surface area contributed by atoms with Crippen LogP contribution in [-0.4, -0.2) is 58.9 Å². The van der Waals surface area contributed by atoms with Crippen molar-refractivity contribution in [3.63, 3.8) is 0 Å². The Morgan fingerprint density at radius 2 is 1.84 bits per heavy atom. The van der Waals surface area contributed by atoms with Crippen molar-refractivity contribution < 1.29 is 27.5 Å². The lowest BCUT2D eigenvalue weighted by atomic mass is 10.2. The van der Waals surface area contributed by atoms with Crippen molar-refractivity contribution in [2.24, 2.45) is 0 Å². The van der Waals surface area contributed by atoms with Gasteiger partial charge in [0.15, 0.2) is 0 Å². The van der Waals surface area contributed by atoms with Gasteiger partial charge < -0.3 is 14.0 Å². The number of hydrogen-bond donors (Lipinski definition) is 1. The van der Waals surface area contributed by atoms with Gasteiger partial charge in [0.1, 0.15) is 28.1 Å². The maximum Gasteiger partial charge on any atom is 0.325 e. The second-order valence-electron chi connectivity index (χ2n) is 9.56. The summed E-state index contributed by atoms with van der Waals surface area (Å²) in [5, 5.41) is 1.38. The van der Waals surface area contributed by atoms with Crippen molar-refractivity contribution >= 4 is 44.8 Å². The molecule has 2 aromatic heterocycles. The molecule has 0 aliphatic carbocycles. The Kier molecular flexibility index (Phi) is 9.91. The van der Waals surface area contributed by atoms with E-state index in [1.54, 1.807) is 52.8 Å². The van der Waals surface area contributed by atoms with Gasteiger partial charge in [0.25, 0.3) is 0 Å². The SMILES string of the molecule is CCOC(=O)CCCn1ccc2c(SCC(NS(=O)(=O)c3ccccc3)C(=O)OC(C)(C)C)nc(C)nc21. The monoisotopic (exact) mass is 562 g/mol. The van der Waals surface area contributed by atoms with Crippen molar-refractivity contribution in [2.75, 3.05) is 12.4 Å². The van der Waals surface area contributed by atoms with E-state index in [-0.39, 0.29) is 16.6 Å². The molecule has 0 aliphatic heterocycles. The molecule has 3 aromatic rings. The maximum atomic E-state index is 13.0. The minimum absolute atomic E-state index is 0.0544. The van der Waals surface area contributed by atoms with Crippen LogP contribution in [0.2, 0.25) is 0 Å². The molecule has 1 atom stereocenters. The number of rotatable bonds is 12. The standard InChI is InChI=1S/C26H34N4O6S2/c1-6-35-22(31)13-10-15-30-16-14-20-23(30)27-18(2)28-24(20)37-17-21(25(32)36-26(3,4)5)29-38(33,34)19-11-8-7-9-12-19/h7-9,11-12,14,16,21,29H,6,10,13,15,17H2,1-5H3. The fourth-order valence-corrected chi connectivity index (χ4v) is 5.97. The number of ether oxygens (including phenoxy) is 2. The predicted molar refractivity (Wildman–Crippen MR) is 145 cm³/mol. The number of carbonyl (C=O) groups excluding carboxylic acids is 2. The molecule has 1 unspecified atom stereocenters. The summed E-state index contributed by atoms with van der Waals surface area (Å²) in [5.74, 6) is -0.329. The lowest BCUT2D eigenvalue weighted by Crippen LogP contribution is -2.45. The van der Waals surface area contributed by atoms with Crippen molar-refractivity contribution in [1.29, 1.82) is 0 Å². The van der Waals surface area contributed by atoms with E-state index >= 15 is 0 Å². The zero-order valence-electron chi connectivity index (χ0n) is 22.3. The molecule has 1 N–H and O–H groups in total. The molecule has 10 nitrogen and oxygen atoms in total. The van der Waals surface area contributed by atoms with Crippen molar-refractivity contribution in [3.8, 4) is 0 Å². The van der Waals surface area contributed by atoms with Crippen LogP contribution in [-0.2, 0) is 35.6 Å². The van der Waals surface area contributed by atoms with E-state index < -0.39 is 27.6 Å². The summed E-state index contributed by atoms with van der Waals surface area (Å²) in [7, 11) is -3.97. The molecule has 0 fully saturated rings. The van der Waals surface area contributed by atoms with Crippen LogP contribution in [0.5, 0.6) is 0 Å². The molecule has 0 spiro atoms. The van der Waals surface area contributed by atoms with Crippen LogP contribution in [0.1, 0.15) is 46.4 Å². The first-order valence-corrected chi connectivity index (χ1v) is 14.8. The van der Waals surface area contributed by atoms with E-state index in [9.17, 15) is 18.0 Å². The number of sulfonamides is 1. The Balaban J connectivity index is 1.81. The topological polar surface area (TPSA) is 129 Å². The highest BCUT2D eigenvalue weighted by atomic mass is 32.2. The number of carbonyl (C=O) groups is 2. The molecule has 0 saturated carbocycles. The smallest absolute Gasteiger partial charge is 0.325 e. The maximum absolute atomic E-state index is 13.0. The molecule has 2 heterocycles. The predicted octanol–water partition coefficient (Wildman–Crippen LogP) is 3.86. The van der Waals surface area contributed by atoms with Crippen LogP contribution in [0.3, 0.4) is 0 Å². The number of nitrogens with one attached hydrogen (secondary N) is 1. The minimum Gasteiger partial charge on any atom is -0.466 e. The number of fused-ring (bicyclic) bond motifs is 1. The molecule has 38 heavy (non-hydrogen) atoms. The Hall–Kier alpha value is -2.96. The van der Waals surface area contributed by atoms with Crippen LogP contribution in [0.15, 0.2) is 52.5 Å². The van der Waals surface area contributed by atoms with Gasteiger partial charge in [-0.3, -0.25) is 9.59 Å². The Morgan fingerprint density at radius 1 is 1.13 bits per heavy atom. The van der Waals surface area contributed by atoms with Gasteiger partial charge in [-0.2, -0.15) is 4.72 Å². The van der Waals surface area contributed by atoms with Crippen LogP contribution in [0.4, 0.5) is 0 Å². The first-order chi connectivity index (χ1) is 17.9. The summed E-state index contributed by atoms with van der Waals surface area (Å²) >= 11 is 1.24. The number of benzene rings is 1. The lowest BCUT2D eigenvalue weighted by Gasteiger charge is -2.24. The van der Waals surface area contributed by atoms with Crippen molar-refractivity contribution in [1.82, 2.24) is 19.3 Å². The molecule has 0 radical (unpaired) electrons. The zero-order valence-corrected chi connectivity index (χ0v) is 23.9. The summed E-state index contributed by atoms with van der Waals surface area (Å²) in [6.45, 7) is 9.64. The number of nitrogens with zero attached hydrogens (tertiary/aromatic N) is 3. The highest BCUT2D eigenvalue weighted by Crippen LogP contribution is 2.28. The van der Waals surface area contributed by atoms with E-state index in [0.717, 1.165) is 5.39 Å². The Bertz CT molecular complexity index is 1370. The van der Waals surface area contributed by atoms with E-state index in [2.05, 4.69) is 14.7 Å². The van der Waals surface area contributed by atoms with E-state index in [0.29, 0.717) is 42.5 Å². The third-order valence-corrected chi connectivity index (χ3v) is 7.78. The molecule has 3 rings (SSSR count). The van der Waals surface area contributed by atoms with Crippen LogP contribution in [0.25, 0.3) is 11.0 Å². The second-order valence-corrected chi connectivity index (χ2v) is 12.3. The number of hydrogen-bond acceptors (Lipinski definition) is 9. The van der Waals surface area contributed by atoms with Gasteiger partial charge in [-0.25, -0.2) is 18.4 Å². The summed E-state index contributed by atoms with van der Waals surface area (Å²) in [4.78, 5) is 33.8. The summed E-state index contributed by atoms with van der Waals surface area (Å²) in [6, 6.07) is 8.59. The average molecular weight is 563 g/mol. The molecule has 12 heteroatoms. The largest absolute Gasteiger partial charge is 0.466 e. The molecular formula is C26H34N4O6S2. The number of aryl methyl sites for hydroxylation is 2. The van der Waals surface area contributed by atoms with Gasteiger partial charge in [0, 0.05) is 24.9 Å². The van der Waals surface area contributed by atoms with Crippen LogP contribution < -0.4 is 4.72 Å². The minimum atomic E-state index is -3.97. The third kappa shape index (κ3) is 8.27. The summed E-state index contributed by atoms with van der Waals surface area (Å²) in [5.41, 5.74) is -0.0971. The normalized spacial score (nSPS) is 12.9. The van der Waals surface area contributed by atoms with E-state index in [4.69, 9.17) is 9.47 Å². The Labute approximate surface area is 227 Å². The quantitative estimate of drug-likeness (QED) is 0.199. The van der Waals surface area contributed by atoms with Gasteiger partial charge in [-0.1, -0.05) is 18.2 Å². The fourth-order valence-electron chi connectivity index (χ4n) is 3.60. The average Bonchev–Trinajstić information content (AvgIpc) is 3.24. The van der Waals surface area contributed by atoms with Gasteiger partial charge in [-0.05, 0) is 59.2 Å². The highest BCUT2D eigenvalue weighted by molar-refractivity contribution is 7.99. The Morgan fingerprint density at radius 3 is 2.50 bits per heavy atom. The second kappa shape index (κ2) is 12.7. The molecule has 0 amide bonds. The zero-order chi connectivity index (χ0) is 27.9. The van der Waals surface area contributed by atoms with E-state index in [1.165, 1.54) is 23.9 Å². The van der Waals surface area contributed by atoms with Crippen molar-refractivity contribution in [2.45, 2.75) is 75.6 Å². The van der Waals surface area contributed by atoms with Crippen LogP contribution in [0, 0.1) is 6.92 Å². The lowest BCUT2D eigenvalue weighted by molar-refractivity contribution is -0.156. The first kappa shape index (κ1) is 29.6. The van der Waals surface area contributed by atoms with Gasteiger partial charge >= 0.3 is 11.9 Å². The van der Waals surface area contributed by atoms with Gasteiger partial charge in [-0.15, -0.1) is 11.8 Å². The molecule has 0 bridgehead atoms. The van der Waals surface area contributed by atoms with Gasteiger partial charge in [0.05, 0.1) is 16.9 Å². The molecule has 206 valence electrons. The molecular weight excluding hydrogens is 528 g/mol. The summed E-state index contributed by atoms with van der Waals surface area (Å²) in [6.07, 6.45) is 2.77. The molecule has 1 aromatic carbocycles. The van der Waals surface area contributed by atoms with E-state index in [1.807, 2.05) is 16.8 Å². The fraction of sp³-hybridized carbons (Fsp3) is 0.462. The third-order valence-electron chi connectivity index (χ3n) is 5.21. The summed E-state index contributed by atoms with van der Waals surface area (Å²) < 4.78 is 40.9. The highest BCUT2D eigenvalue weighted by Gasteiger charge is 2.30. The number of esters is 2. The molecule has 0 aliphatic rings. The first-order valence-electron chi connectivity index (χ1n) is 12.3. The number of thioether (sulfide) groups is 1. The number of aromatic nitrogens is 3. The van der Waals surface area contributed by atoms with Crippen LogP contribution >= 0.6 is 11.8 Å². The molecule has 0 saturated heterocycles. The van der Waals surface area contributed by atoms with Gasteiger partial charge in [0.2, 0.25) is 10.0 Å².